The first-order chi connectivity index (χ1) is 10.1. The van der Waals surface area contributed by atoms with E-state index in [1.165, 1.54) is 25.7 Å². The maximum atomic E-state index is 12.7. The number of hydrogen-bond donors (Lipinski definition) is 0. The van der Waals surface area contributed by atoms with Crippen molar-refractivity contribution < 1.29 is 19.1 Å². The Labute approximate surface area is 125 Å². The maximum Gasteiger partial charge on any atom is 0.418 e. The first-order valence-corrected chi connectivity index (χ1v) is 8.42. The summed E-state index contributed by atoms with van der Waals surface area (Å²) in [4.78, 5) is 23.4. The first kappa shape index (κ1) is 13.6. The molecule has 4 heteroatoms. The molecule has 0 N–H and O–H groups in total. The smallest absolute Gasteiger partial charge is 0.418 e. The summed E-state index contributed by atoms with van der Waals surface area (Å²) in [6, 6.07) is 0. The normalized spacial score (nSPS) is 42.8. The summed E-state index contributed by atoms with van der Waals surface area (Å²) >= 11 is 0. The predicted octanol–water partition coefficient (Wildman–Crippen LogP) is 2.90. The number of ether oxygens (including phenoxy) is 2. The van der Waals surface area contributed by atoms with Crippen molar-refractivity contribution in [1.82, 2.24) is 0 Å². The van der Waals surface area contributed by atoms with Crippen LogP contribution in [0.15, 0.2) is 0 Å². The van der Waals surface area contributed by atoms with Crippen molar-refractivity contribution in [3.63, 3.8) is 0 Å². The van der Waals surface area contributed by atoms with Gasteiger partial charge in [-0.05, 0) is 82.0 Å². The Kier molecular flexibility index (Phi) is 3.05. The van der Waals surface area contributed by atoms with Crippen molar-refractivity contribution in [2.24, 2.45) is 17.8 Å². The molecule has 0 aromatic rings. The molecule has 0 atom stereocenters. The second-order valence-corrected chi connectivity index (χ2v) is 7.88. The van der Waals surface area contributed by atoms with E-state index in [0.29, 0.717) is 12.8 Å². The second kappa shape index (κ2) is 4.72. The Morgan fingerprint density at radius 1 is 0.952 bits per heavy atom. The van der Waals surface area contributed by atoms with Crippen LogP contribution in [0.1, 0.15) is 64.2 Å². The van der Waals surface area contributed by atoms with Crippen LogP contribution in [0.3, 0.4) is 0 Å². The summed E-state index contributed by atoms with van der Waals surface area (Å²) < 4.78 is 11.1. The van der Waals surface area contributed by atoms with Gasteiger partial charge in [-0.3, -0.25) is 0 Å². The van der Waals surface area contributed by atoms with Crippen molar-refractivity contribution in [2.45, 2.75) is 75.4 Å². The van der Waals surface area contributed by atoms with Gasteiger partial charge in [0, 0.05) is 0 Å². The van der Waals surface area contributed by atoms with Gasteiger partial charge < -0.3 is 9.47 Å². The zero-order valence-electron chi connectivity index (χ0n) is 12.4. The van der Waals surface area contributed by atoms with Gasteiger partial charge in [0.05, 0.1) is 0 Å². The van der Waals surface area contributed by atoms with Crippen LogP contribution in [0.25, 0.3) is 0 Å². The van der Waals surface area contributed by atoms with Crippen molar-refractivity contribution in [3.8, 4) is 0 Å². The zero-order chi connectivity index (χ0) is 14.5. The first-order valence-electron chi connectivity index (χ1n) is 8.42. The Balaban J connectivity index is 1.52. The third-order valence-electron chi connectivity index (χ3n) is 6.31. The monoisotopic (exact) mass is 291 g/mol. The quantitative estimate of drug-likeness (QED) is 0.747. The van der Waals surface area contributed by atoms with Gasteiger partial charge in [0.1, 0.15) is 5.60 Å². The van der Waals surface area contributed by atoms with Gasteiger partial charge in [-0.25, -0.2) is 9.59 Å². The highest BCUT2D eigenvalue weighted by atomic mass is 16.6. The Hall–Kier alpha value is -1.06. The average Bonchev–Trinajstić information content (AvgIpc) is 2.87. The topological polar surface area (TPSA) is 52.6 Å². The third-order valence-corrected chi connectivity index (χ3v) is 6.31. The van der Waals surface area contributed by atoms with E-state index in [9.17, 15) is 9.59 Å². The molecule has 115 valence electrons. The zero-order valence-corrected chi connectivity index (χ0v) is 12.4. The van der Waals surface area contributed by atoms with Gasteiger partial charge in [0.25, 0.3) is 0 Å². The fraction of sp³-hybridized carbons (Fsp3) is 0.882. The predicted molar refractivity (Wildman–Crippen MR) is 75.0 cm³/mol. The lowest BCUT2D eigenvalue weighted by atomic mass is 9.54. The molecule has 5 rings (SSSR count). The molecule has 5 aliphatic carbocycles. The lowest BCUT2D eigenvalue weighted by Crippen LogP contribution is -2.55. The largest absolute Gasteiger partial charge is 0.456 e. The number of carbonyl (C=O) groups is 1. The second-order valence-electron chi connectivity index (χ2n) is 7.88. The van der Waals surface area contributed by atoms with Crippen LogP contribution in [0, 0.1) is 17.8 Å². The van der Waals surface area contributed by atoms with Crippen molar-refractivity contribution >= 4 is 12.4 Å². The van der Waals surface area contributed by atoms with Crippen molar-refractivity contribution in [1.29, 1.82) is 0 Å². The fourth-order valence-electron chi connectivity index (χ4n) is 5.82. The molecule has 0 aromatic carbocycles. The number of rotatable bonds is 4. The van der Waals surface area contributed by atoms with Crippen LogP contribution in [-0.4, -0.2) is 23.6 Å². The summed E-state index contributed by atoms with van der Waals surface area (Å²) in [5.41, 5.74) is -1.29. The molecule has 5 aliphatic rings. The highest BCUT2D eigenvalue weighted by molar-refractivity contribution is 5.81. The maximum absolute atomic E-state index is 12.7. The van der Waals surface area contributed by atoms with Crippen LogP contribution in [0.2, 0.25) is 0 Å². The molecule has 1 radical (unpaired) electrons. The fourth-order valence-corrected chi connectivity index (χ4v) is 5.82. The van der Waals surface area contributed by atoms with E-state index in [1.54, 1.807) is 0 Å². The molecular weight excluding hydrogens is 268 g/mol. The van der Waals surface area contributed by atoms with E-state index in [2.05, 4.69) is 0 Å². The molecule has 5 fully saturated rings. The number of carbonyl (C=O) groups excluding carboxylic acids is 2. The van der Waals surface area contributed by atoms with Crippen molar-refractivity contribution in [3.05, 3.63) is 0 Å². The van der Waals surface area contributed by atoms with Gasteiger partial charge >= 0.3 is 12.4 Å². The van der Waals surface area contributed by atoms with Gasteiger partial charge in [-0.15, -0.1) is 0 Å². The minimum atomic E-state index is -1.04. The molecule has 0 heterocycles. The molecule has 0 unspecified atom stereocenters. The summed E-state index contributed by atoms with van der Waals surface area (Å²) in [5, 5.41) is 0. The van der Waals surface area contributed by atoms with Crippen LogP contribution in [-0.2, 0) is 19.1 Å². The van der Waals surface area contributed by atoms with Crippen LogP contribution in [0.5, 0.6) is 0 Å². The van der Waals surface area contributed by atoms with Crippen LogP contribution in [0.4, 0.5) is 0 Å². The molecule has 0 amide bonds. The van der Waals surface area contributed by atoms with E-state index in [-0.39, 0.29) is 11.6 Å². The van der Waals surface area contributed by atoms with Crippen molar-refractivity contribution in [2.75, 3.05) is 0 Å². The molecule has 5 saturated carbocycles. The average molecular weight is 291 g/mol. The summed E-state index contributed by atoms with van der Waals surface area (Å²) in [6.07, 6.45) is 10.0. The standard InChI is InChI=1S/C17H23O4/c18-11-20-17(3-1-2-4-17)15(19)21-16-8-12-5-13(9-16)7-14(6-12)10-16/h12-14H,1-10H2. The molecule has 0 saturated heterocycles. The Morgan fingerprint density at radius 2 is 1.48 bits per heavy atom. The third kappa shape index (κ3) is 2.18. The van der Waals surface area contributed by atoms with Gasteiger partial charge in [-0.1, -0.05) is 0 Å². The molecule has 21 heavy (non-hydrogen) atoms. The molecule has 0 aromatic heterocycles. The Morgan fingerprint density at radius 3 is 1.95 bits per heavy atom. The SMILES string of the molecule is O=[C]OC1(C(=O)OC23CC4CC(CC(C4)C2)C3)CCCC1. The minimum Gasteiger partial charge on any atom is -0.456 e. The van der Waals surface area contributed by atoms with Crippen LogP contribution >= 0.6 is 0 Å². The Bertz CT molecular complexity index is 414. The molecular formula is C17H23O4. The van der Waals surface area contributed by atoms with Crippen LogP contribution < -0.4 is 0 Å². The summed E-state index contributed by atoms with van der Waals surface area (Å²) in [5.74, 6) is 1.91. The lowest BCUT2D eigenvalue weighted by molar-refractivity contribution is -0.202. The summed E-state index contributed by atoms with van der Waals surface area (Å²) in [6.45, 7) is 1.49. The molecule has 0 spiro atoms. The molecule has 4 nitrogen and oxygen atoms in total. The number of hydrogen-bond acceptors (Lipinski definition) is 4. The lowest BCUT2D eigenvalue weighted by Gasteiger charge is -2.56. The van der Waals surface area contributed by atoms with E-state index in [4.69, 9.17) is 9.47 Å². The highest BCUT2D eigenvalue weighted by Gasteiger charge is 2.56. The van der Waals surface area contributed by atoms with E-state index in [0.717, 1.165) is 49.9 Å². The van der Waals surface area contributed by atoms with E-state index < -0.39 is 5.60 Å². The van der Waals surface area contributed by atoms with Gasteiger partial charge in [0.2, 0.25) is 5.60 Å². The highest BCUT2D eigenvalue weighted by Crippen LogP contribution is 2.57. The van der Waals surface area contributed by atoms with E-state index in [1.807, 2.05) is 0 Å². The molecule has 0 aliphatic heterocycles. The number of esters is 1. The molecule has 4 bridgehead atoms. The van der Waals surface area contributed by atoms with E-state index >= 15 is 0 Å². The van der Waals surface area contributed by atoms with Gasteiger partial charge in [-0.2, -0.15) is 0 Å². The minimum absolute atomic E-state index is 0.256. The van der Waals surface area contributed by atoms with Gasteiger partial charge in [0.15, 0.2) is 0 Å². The summed E-state index contributed by atoms with van der Waals surface area (Å²) in [7, 11) is 0.